The average Bonchev–Trinajstić information content (AvgIpc) is 2.37. The number of rotatable bonds is 4. The summed E-state index contributed by atoms with van der Waals surface area (Å²) in [7, 11) is 2.14. The van der Waals surface area contributed by atoms with E-state index in [1.807, 2.05) is 0 Å². The van der Waals surface area contributed by atoms with Crippen LogP contribution >= 0.6 is 0 Å². The fourth-order valence-corrected chi connectivity index (χ4v) is 2.01. The number of nitrogen functional groups attached to an aromatic ring is 1. The van der Waals surface area contributed by atoms with E-state index in [0.717, 1.165) is 32.7 Å². The van der Waals surface area contributed by atoms with Gasteiger partial charge in [-0.2, -0.15) is 0 Å². The lowest BCUT2D eigenvalue weighted by atomic mass is 10.3. The van der Waals surface area contributed by atoms with Gasteiger partial charge in [-0.05, 0) is 19.2 Å². The van der Waals surface area contributed by atoms with Crippen molar-refractivity contribution >= 4 is 5.69 Å². The maximum Gasteiger partial charge on any atom is 0.146 e. The van der Waals surface area contributed by atoms with Crippen molar-refractivity contribution in [3.8, 4) is 11.5 Å². The highest BCUT2D eigenvalue weighted by atomic mass is 16.5. The molecule has 5 heteroatoms. The zero-order valence-electron chi connectivity index (χ0n) is 10.8. The minimum absolute atomic E-state index is 0.0760. The largest absolute Gasteiger partial charge is 0.506 e. The minimum atomic E-state index is 0.0760. The number of para-hydroxylation sites is 1. The molecule has 1 aromatic rings. The predicted octanol–water partition coefficient (Wildman–Crippen LogP) is 0.601. The van der Waals surface area contributed by atoms with Gasteiger partial charge in [0.15, 0.2) is 0 Å². The Morgan fingerprint density at radius 2 is 2.00 bits per heavy atom. The highest BCUT2D eigenvalue weighted by molar-refractivity contribution is 5.61. The van der Waals surface area contributed by atoms with Crippen LogP contribution in [0.3, 0.4) is 0 Å². The number of phenols is 1. The van der Waals surface area contributed by atoms with Gasteiger partial charge in [-0.25, -0.2) is 0 Å². The molecule has 3 N–H and O–H groups in total. The number of anilines is 1. The Labute approximate surface area is 108 Å². The van der Waals surface area contributed by atoms with Gasteiger partial charge in [0.05, 0.1) is 0 Å². The molecule has 0 spiro atoms. The van der Waals surface area contributed by atoms with Crippen molar-refractivity contribution in [1.82, 2.24) is 9.80 Å². The maximum absolute atomic E-state index is 9.46. The van der Waals surface area contributed by atoms with Crippen LogP contribution in [0.25, 0.3) is 0 Å². The second-order valence-electron chi connectivity index (χ2n) is 4.68. The molecule has 1 aromatic carbocycles. The van der Waals surface area contributed by atoms with Crippen molar-refractivity contribution in [3.63, 3.8) is 0 Å². The molecule has 2 rings (SSSR count). The number of ether oxygens (including phenoxy) is 1. The molecule has 18 heavy (non-hydrogen) atoms. The molecular formula is C13H21N3O2. The second kappa shape index (κ2) is 5.93. The van der Waals surface area contributed by atoms with E-state index < -0.39 is 0 Å². The topological polar surface area (TPSA) is 62.0 Å². The third-order valence-corrected chi connectivity index (χ3v) is 3.30. The summed E-state index contributed by atoms with van der Waals surface area (Å²) in [5, 5.41) is 9.46. The smallest absolute Gasteiger partial charge is 0.146 e. The number of hydrogen-bond donors (Lipinski definition) is 2. The number of aromatic hydroxyl groups is 1. The summed E-state index contributed by atoms with van der Waals surface area (Å²) < 4.78 is 5.61. The first kappa shape index (κ1) is 13.0. The van der Waals surface area contributed by atoms with Crippen LogP contribution in [0.4, 0.5) is 5.69 Å². The van der Waals surface area contributed by atoms with Gasteiger partial charge in [0.1, 0.15) is 23.8 Å². The molecule has 1 aliphatic rings. The zero-order valence-corrected chi connectivity index (χ0v) is 10.8. The van der Waals surface area contributed by atoms with Gasteiger partial charge in [0.25, 0.3) is 0 Å². The Kier molecular flexibility index (Phi) is 4.28. The minimum Gasteiger partial charge on any atom is -0.506 e. The van der Waals surface area contributed by atoms with Crippen LogP contribution in [0.5, 0.6) is 11.5 Å². The Bertz CT molecular complexity index is 390. The first-order chi connectivity index (χ1) is 8.66. The highest BCUT2D eigenvalue weighted by Crippen LogP contribution is 2.29. The fraction of sp³-hybridized carbons (Fsp3) is 0.538. The Morgan fingerprint density at radius 1 is 1.28 bits per heavy atom. The van der Waals surface area contributed by atoms with Gasteiger partial charge < -0.3 is 20.5 Å². The van der Waals surface area contributed by atoms with E-state index in [2.05, 4.69) is 16.8 Å². The molecule has 0 aromatic heterocycles. The van der Waals surface area contributed by atoms with Crippen LogP contribution in [0.15, 0.2) is 18.2 Å². The first-order valence-electron chi connectivity index (χ1n) is 6.28. The van der Waals surface area contributed by atoms with E-state index in [1.165, 1.54) is 0 Å². The third kappa shape index (κ3) is 3.27. The molecule has 0 amide bonds. The molecule has 0 unspecified atom stereocenters. The second-order valence-corrected chi connectivity index (χ2v) is 4.68. The number of nitrogens with zero attached hydrogens (tertiary/aromatic N) is 2. The summed E-state index contributed by atoms with van der Waals surface area (Å²) in [5.74, 6) is 0.635. The quantitative estimate of drug-likeness (QED) is 0.606. The average molecular weight is 251 g/mol. The first-order valence-corrected chi connectivity index (χ1v) is 6.28. The maximum atomic E-state index is 9.46. The van der Waals surface area contributed by atoms with Crippen molar-refractivity contribution in [2.24, 2.45) is 0 Å². The number of hydrogen-bond acceptors (Lipinski definition) is 5. The SMILES string of the molecule is CN1CCN(CCOc2cccc(O)c2N)CC1. The van der Waals surface area contributed by atoms with Crippen molar-refractivity contribution in [2.45, 2.75) is 0 Å². The van der Waals surface area contributed by atoms with Crippen molar-refractivity contribution < 1.29 is 9.84 Å². The fourth-order valence-electron chi connectivity index (χ4n) is 2.01. The monoisotopic (exact) mass is 251 g/mol. The van der Waals surface area contributed by atoms with Crippen LogP contribution in [-0.4, -0.2) is 61.3 Å². The van der Waals surface area contributed by atoms with Crippen molar-refractivity contribution in [1.29, 1.82) is 0 Å². The molecule has 1 aliphatic heterocycles. The molecule has 0 aliphatic carbocycles. The summed E-state index contributed by atoms with van der Waals surface area (Å²) in [6.45, 7) is 5.85. The van der Waals surface area contributed by atoms with E-state index in [9.17, 15) is 5.11 Å². The van der Waals surface area contributed by atoms with Gasteiger partial charge in [0.2, 0.25) is 0 Å². The highest BCUT2D eigenvalue weighted by Gasteiger charge is 2.13. The summed E-state index contributed by atoms with van der Waals surface area (Å²) in [5.41, 5.74) is 6.04. The van der Waals surface area contributed by atoms with Gasteiger partial charge >= 0.3 is 0 Å². The van der Waals surface area contributed by atoms with Crippen LogP contribution in [-0.2, 0) is 0 Å². The Balaban J connectivity index is 1.77. The lowest BCUT2D eigenvalue weighted by Gasteiger charge is -2.32. The summed E-state index contributed by atoms with van der Waals surface area (Å²) in [6.07, 6.45) is 0. The van der Waals surface area contributed by atoms with E-state index in [1.54, 1.807) is 18.2 Å². The molecule has 1 saturated heterocycles. The van der Waals surface area contributed by atoms with Gasteiger partial charge in [-0.15, -0.1) is 0 Å². The van der Waals surface area contributed by atoms with E-state index in [0.29, 0.717) is 18.0 Å². The molecule has 0 radical (unpaired) electrons. The molecule has 0 atom stereocenters. The van der Waals surface area contributed by atoms with Gasteiger partial charge in [-0.1, -0.05) is 6.07 Å². The van der Waals surface area contributed by atoms with E-state index in [4.69, 9.17) is 10.5 Å². The number of phenolic OH excluding ortho intramolecular Hbond substituents is 1. The lowest BCUT2D eigenvalue weighted by Crippen LogP contribution is -2.45. The lowest BCUT2D eigenvalue weighted by molar-refractivity contribution is 0.134. The van der Waals surface area contributed by atoms with Crippen LogP contribution < -0.4 is 10.5 Å². The Hall–Kier alpha value is -1.46. The number of likely N-dealkylation sites (N-methyl/N-ethyl adjacent to an activating group) is 1. The van der Waals surface area contributed by atoms with E-state index >= 15 is 0 Å². The third-order valence-electron chi connectivity index (χ3n) is 3.30. The van der Waals surface area contributed by atoms with Crippen molar-refractivity contribution in [3.05, 3.63) is 18.2 Å². The zero-order chi connectivity index (χ0) is 13.0. The summed E-state index contributed by atoms with van der Waals surface area (Å²) in [6, 6.07) is 5.07. The normalized spacial score (nSPS) is 17.8. The molecule has 100 valence electrons. The van der Waals surface area contributed by atoms with E-state index in [-0.39, 0.29) is 5.75 Å². The number of piperazine rings is 1. The van der Waals surface area contributed by atoms with Gasteiger partial charge in [0, 0.05) is 32.7 Å². The summed E-state index contributed by atoms with van der Waals surface area (Å²) >= 11 is 0. The van der Waals surface area contributed by atoms with Gasteiger partial charge in [-0.3, -0.25) is 4.90 Å². The molecule has 1 fully saturated rings. The summed E-state index contributed by atoms with van der Waals surface area (Å²) in [4.78, 5) is 4.70. The molecule has 1 heterocycles. The Morgan fingerprint density at radius 3 is 2.72 bits per heavy atom. The molecule has 0 saturated carbocycles. The predicted molar refractivity (Wildman–Crippen MR) is 72.0 cm³/mol. The molecule has 5 nitrogen and oxygen atoms in total. The molecule has 0 bridgehead atoms. The molecular weight excluding hydrogens is 230 g/mol. The van der Waals surface area contributed by atoms with Crippen LogP contribution in [0.2, 0.25) is 0 Å². The van der Waals surface area contributed by atoms with Crippen LogP contribution in [0.1, 0.15) is 0 Å². The number of benzene rings is 1. The van der Waals surface area contributed by atoms with Crippen molar-refractivity contribution in [2.75, 3.05) is 52.1 Å². The number of nitrogens with two attached hydrogens (primary N) is 1. The van der Waals surface area contributed by atoms with Crippen LogP contribution in [0, 0.1) is 0 Å². The standard InChI is InChI=1S/C13H21N3O2/c1-15-5-7-16(8-6-15)9-10-18-12-4-2-3-11(17)13(12)14/h2-4,17H,5-10,14H2,1H3.